The van der Waals surface area contributed by atoms with Crippen LogP contribution in [0, 0.1) is 12.7 Å². The Morgan fingerprint density at radius 2 is 2.09 bits per heavy atom. The molecule has 0 bridgehead atoms. The topological polar surface area (TPSA) is 49.3 Å². The van der Waals surface area contributed by atoms with Gasteiger partial charge >= 0.3 is 0 Å². The molecule has 0 spiro atoms. The number of guanidine groups is 1. The Morgan fingerprint density at radius 3 is 2.73 bits per heavy atom. The van der Waals surface area contributed by atoms with E-state index >= 15 is 0 Å². The lowest BCUT2D eigenvalue weighted by atomic mass is 10.1. The minimum absolute atomic E-state index is 0.184. The molecule has 4 nitrogen and oxygen atoms in total. The minimum atomic E-state index is -0.184. The van der Waals surface area contributed by atoms with E-state index in [9.17, 15) is 4.39 Å². The van der Waals surface area contributed by atoms with Crippen LogP contribution in [0.2, 0.25) is 0 Å². The molecule has 1 heterocycles. The Kier molecular flexibility index (Phi) is 5.89. The van der Waals surface area contributed by atoms with Crippen LogP contribution >= 0.6 is 11.3 Å². The number of nitrogens with zero attached hydrogens (tertiary/aromatic N) is 2. The number of hydrogen-bond acceptors (Lipinski definition) is 3. The molecule has 0 aliphatic rings. The van der Waals surface area contributed by atoms with Crippen molar-refractivity contribution in [2.45, 2.75) is 33.4 Å². The molecule has 6 heteroatoms. The van der Waals surface area contributed by atoms with Gasteiger partial charge in [-0.2, -0.15) is 0 Å². The Hall–Kier alpha value is -1.95. The monoisotopic (exact) mass is 320 g/mol. The van der Waals surface area contributed by atoms with Crippen molar-refractivity contribution in [3.05, 3.63) is 51.2 Å². The molecule has 0 fully saturated rings. The fraction of sp³-hybridized carbons (Fsp3) is 0.375. The highest BCUT2D eigenvalue weighted by Crippen LogP contribution is 2.10. The second-order valence-electron chi connectivity index (χ2n) is 4.95. The normalized spacial score (nSPS) is 11.5. The molecule has 0 aliphatic heterocycles. The van der Waals surface area contributed by atoms with Crippen LogP contribution in [0.5, 0.6) is 0 Å². The number of halogens is 1. The first-order valence-electron chi connectivity index (χ1n) is 7.25. The van der Waals surface area contributed by atoms with Crippen LogP contribution in [0.3, 0.4) is 0 Å². The molecule has 2 rings (SSSR count). The Balaban J connectivity index is 1.85. The van der Waals surface area contributed by atoms with Gasteiger partial charge in [-0.3, -0.25) is 4.99 Å². The van der Waals surface area contributed by atoms with E-state index < -0.39 is 0 Å². The van der Waals surface area contributed by atoms with Gasteiger partial charge in [0.15, 0.2) is 5.96 Å². The predicted molar refractivity (Wildman–Crippen MR) is 89.7 cm³/mol. The van der Waals surface area contributed by atoms with Gasteiger partial charge in [-0.1, -0.05) is 19.1 Å². The average Bonchev–Trinajstić information content (AvgIpc) is 2.99. The van der Waals surface area contributed by atoms with Crippen molar-refractivity contribution in [3.63, 3.8) is 0 Å². The number of rotatable bonds is 5. The number of nitrogens with one attached hydrogen (secondary N) is 2. The van der Waals surface area contributed by atoms with Crippen LogP contribution in [-0.4, -0.2) is 18.0 Å². The fourth-order valence-electron chi connectivity index (χ4n) is 1.92. The maximum absolute atomic E-state index is 13.5. The molecule has 118 valence electrons. The lowest BCUT2D eigenvalue weighted by Gasteiger charge is -2.11. The number of aliphatic imine (C=N–C) groups is 1. The summed E-state index contributed by atoms with van der Waals surface area (Å²) in [7, 11) is 1.71. The first-order chi connectivity index (χ1) is 10.6. The maximum atomic E-state index is 13.5. The molecule has 0 aliphatic carbocycles. The summed E-state index contributed by atoms with van der Waals surface area (Å²) in [6.45, 7) is 5.00. The van der Waals surface area contributed by atoms with Gasteiger partial charge in [0.25, 0.3) is 0 Å². The smallest absolute Gasteiger partial charge is 0.191 e. The zero-order chi connectivity index (χ0) is 15.9. The highest BCUT2D eigenvalue weighted by Gasteiger charge is 2.04. The molecular weight excluding hydrogens is 299 g/mol. The number of aryl methyl sites for hydroxylation is 2. The van der Waals surface area contributed by atoms with E-state index in [2.05, 4.69) is 32.9 Å². The third-order valence-corrected chi connectivity index (χ3v) is 4.30. The Bertz CT molecular complexity index is 651. The summed E-state index contributed by atoms with van der Waals surface area (Å²) in [6.07, 6.45) is 0.955. The second kappa shape index (κ2) is 7.89. The van der Waals surface area contributed by atoms with E-state index in [0.29, 0.717) is 24.6 Å². The van der Waals surface area contributed by atoms with E-state index in [4.69, 9.17) is 0 Å². The molecule has 0 atom stereocenters. The van der Waals surface area contributed by atoms with Crippen LogP contribution < -0.4 is 10.6 Å². The summed E-state index contributed by atoms with van der Waals surface area (Å²) >= 11 is 1.67. The summed E-state index contributed by atoms with van der Waals surface area (Å²) in [5.41, 5.74) is 2.54. The minimum Gasteiger partial charge on any atom is -0.352 e. The van der Waals surface area contributed by atoms with Gasteiger partial charge in [0.1, 0.15) is 5.82 Å². The van der Waals surface area contributed by atoms with Crippen LogP contribution in [0.4, 0.5) is 4.39 Å². The summed E-state index contributed by atoms with van der Waals surface area (Å²) < 4.78 is 13.5. The van der Waals surface area contributed by atoms with Crippen molar-refractivity contribution in [2.24, 2.45) is 4.99 Å². The number of thiazole rings is 1. The fourth-order valence-corrected chi connectivity index (χ4v) is 2.66. The van der Waals surface area contributed by atoms with Crippen molar-refractivity contribution >= 4 is 17.3 Å². The lowest BCUT2D eigenvalue weighted by molar-refractivity contribution is 0.615. The molecule has 0 amide bonds. The molecular formula is C16H21FN4S. The molecule has 22 heavy (non-hydrogen) atoms. The molecule has 2 aromatic rings. The van der Waals surface area contributed by atoms with E-state index in [-0.39, 0.29) is 5.82 Å². The summed E-state index contributed by atoms with van der Waals surface area (Å²) in [5.74, 6) is 0.490. The average molecular weight is 320 g/mol. The van der Waals surface area contributed by atoms with Gasteiger partial charge in [0.2, 0.25) is 0 Å². The van der Waals surface area contributed by atoms with Gasteiger partial charge < -0.3 is 10.6 Å². The highest BCUT2D eigenvalue weighted by atomic mass is 32.1. The van der Waals surface area contributed by atoms with Crippen molar-refractivity contribution < 1.29 is 4.39 Å². The number of hydrogen-bond donors (Lipinski definition) is 2. The molecule has 1 aromatic carbocycles. The van der Waals surface area contributed by atoms with Crippen molar-refractivity contribution in [3.8, 4) is 0 Å². The SMILES string of the molecule is CCc1nc(CNC(=NC)NCc2ccc(C)c(F)c2)cs1. The standard InChI is InChI=1S/C16H21FN4S/c1-4-15-21-13(10-22-15)9-20-16(18-3)19-8-12-6-5-11(2)14(17)7-12/h5-7,10H,4,8-9H2,1-3H3,(H2,18,19,20). The number of aromatic nitrogens is 1. The number of benzene rings is 1. The zero-order valence-electron chi connectivity index (χ0n) is 13.1. The second-order valence-corrected chi connectivity index (χ2v) is 5.89. The quantitative estimate of drug-likeness (QED) is 0.658. The van der Waals surface area contributed by atoms with Crippen LogP contribution in [0.15, 0.2) is 28.6 Å². The summed E-state index contributed by atoms with van der Waals surface area (Å²) in [5, 5.41) is 9.56. The van der Waals surface area contributed by atoms with Crippen LogP contribution in [0.1, 0.15) is 28.8 Å². The third-order valence-electron chi connectivity index (χ3n) is 3.26. The third kappa shape index (κ3) is 4.53. The lowest BCUT2D eigenvalue weighted by Crippen LogP contribution is -2.36. The van der Waals surface area contributed by atoms with E-state index in [0.717, 1.165) is 22.7 Å². The Morgan fingerprint density at radius 1 is 1.32 bits per heavy atom. The summed E-state index contributed by atoms with van der Waals surface area (Å²) in [6, 6.07) is 5.24. The molecule has 1 aromatic heterocycles. The first-order valence-corrected chi connectivity index (χ1v) is 8.13. The largest absolute Gasteiger partial charge is 0.352 e. The van der Waals surface area contributed by atoms with Crippen molar-refractivity contribution in [1.82, 2.24) is 15.6 Å². The molecule has 0 unspecified atom stereocenters. The first kappa shape index (κ1) is 16.4. The van der Waals surface area contributed by atoms with Gasteiger partial charge in [-0.05, 0) is 30.5 Å². The molecule has 2 N–H and O–H groups in total. The van der Waals surface area contributed by atoms with Crippen LogP contribution in [-0.2, 0) is 19.5 Å². The maximum Gasteiger partial charge on any atom is 0.191 e. The van der Waals surface area contributed by atoms with Gasteiger partial charge in [0.05, 0.1) is 17.2 Å². The van der Waals surface area contributed by atoms with Crippen molar-refractivity contribution in [2.75, 3.05) is 7.05 Å². The predicted octanol–water partition coefficient (Wildman–Crippen LogP) is 3.02. The highest BCUT2D eigenvalue weighted by molar-refractivity contribution is 7.09. The van der Waals surface area contributed by atoms with E-state index in [1.807, 2.05) is 6.07 Å². The van der Waals surface area contributed by atoms with E-state index in [1.165, 1.54) is 0 Å². The van der Waals surface area contributed by atoms with Crippen molar-refractivity contribution in [1.29, 1.82) is 0 Å². The van der Waals surface area contributed by atoms with E-state index in [1.54, 1.807) is 37.4 Å². The Labute approximate surface area is 134 Å². The molecule has 0 saturated heterocycles. The van der Waals surface area contributed by atoms with Crippen LogP contribution in [0.25, 0.3) is 0 Å². The van der Waals surface area contributed by atoms with Gasteiger partial charge in [-0.15, -0.1) is 11.3 Å². The summed E-state index contributed by atoms with van der Waals surface area (Å²) in [4.78, 5) is 8.66. The van der Waals surface area contributed by atoms with Gasteiger partial charge in [0, 0.05) is 19.0 Å². The zero-order valence-corrected chi connectivity index (χ0v) is 13.9. The molecule has 0 radical (unpaired) electrons. The molecule has 0 saturated carbocycles. The van der Waals surface area contributed by atoms with Gasteiger partial charge in [-0.25, -0.2) is 9.37 Å².